The van der Waals surface area contributed by atoms with Crippen LogP contribution in [0.25, 0.3) is 0 Å². The molecule has 0 amide bonds. The molecule has 0 unspecified atom stereocenters. The molecule has 3 heteroatoms. The molecule has 0 atom stereocenters. The summed E-state index contributed by atoms with van der Waals surface area (Å²) >= 11 is 0. The number of aryl methyl sites for hydroxylation is 1. The van der Waals surface area contributed by atoms with Gasteiger partial charge in [0, 0.05) is 24.7 Å². The van der Waals surface area contributed by atoms with Gasteiger partial charge in [-0.1, -0.05) is 13.8 Å². The molecule has 3 nitrogen and oxygen atoms in total. The minimum absolute atomic E-state index is 0.356. The molecular weight excluding hydrogens is 198 g/mol. The van der Waals surface area contributed by atoms with Crippen LogP contribution in [0.1, 0.15) is 32.3 Å². The maximum atomic E-state index is 4.44. The number of hydrogen-bond acceptors (Lipinski definition) is 3. The van der Waals surface area contributed by atoms with E-state index in [4.69, 9.17) is 0 Å². The van der Waals surface area contributed by atoms with Crippen LogP contribution in [0.4, 0.5) is 11.5 Å². The third kappa shape index (κ3) is 1.99. The fourth-order valence-electron chi connectivity index (χ4n) is 2.21. The normalized spacial score (nSPS) is 17.9. The second kappa shape index (κ2) is 4.32. The molecule has 2 rings (SSSR count). The molecule has 0 radical (unpaired) electrons. The Bertz CT molecular complexity index is 369. The number of aromatic nitrogens is 1. The first kappa shape index (κ1) is 11.2. The Labute approximate surface area is 97.7 Å². The van der Waals surface area contributed by atoms with E-state index in [1.807, 2.05) is 6.20 Å². The van der Waals surface area contributed by atoms with E-state index in [0.29, 0.717) is 5.41 Å². The van der Waals surface area contributed by atoms with Gasteiger partial charge in [0.15, 0.2) is 0 Å². The fraction of sp³-hybridized carbons (Fsp3) is 0.615. The highest BCUT2D eigenvalue weighted by atomic mass is 15.1. The molecule has 0 saturated heterocycles. The summed E-state index contributed by atoms with van der Waals surface area (Å²) in [5, 5.41) is 7.01. The van der Waals surface area contributed by atoms with Crippen LogP contribution in [-0.4, -0.2) is 18.1 Å². The molecule has 16 heavy (non-hydrogen) atoms. The molecule has 2 N–H and O–H groups in total. The lowest BCUT2D eigenvalue weighted by atomic mass is 9.82. The second-order valence-electron chi connectivity index (χ2n) is 4.82. The van der Waals surface area contributed by atoms with Gasteiger partial charge in [-0.3, -0.25) is 0 Å². The summed E-state index contributed by atoms with van der Waals surface area (Å²) in [4.78, 5) is 4.44. The van der Waals surface area contributed by atoms with Gasteiger partial charge in [-0.25, -0.2) is 4.98 Å². The van der Waals surface area contributed by atoms with Gasteiger partial charge in [-0.15, -0.1) is 0 Å². The molecule has 88 valence electrons. The maximum absolute atomic E-state index is 4.44. The molecule has 0 fully saturated rings. The molecule has 0 aromatic carbocycles. The molecule has 0 spiro atoms. The Hall–Kier alpha value is -1.25. The first-order chi connectivity index (χ1) is 7.69. The van der Waals surface area contributed by atoms with Crippen molar-refractivity contribution in [2.75, 3.05) is 23.7 Å². The molecule has 1 aromatic heterocycles. The number of hydrogen-bond donors (Lipinski definition) is 2. The number of rotatable bonds is 2. The standard InChI is InChI=1S/C13H21N3/c1-4-13(5-2)8-15-11-6-10(3)7-14-12(11)16-9-13/h6-7,15H,4-5,8-9H2,1-3H3,(H,14,16). The fourth-order valence-corrected chi connectivity index (χ4v) is 2.21. The van der Waals surface area contributed by atoms with Crippen molar-refractivity contribution < 1.29 is 0 Å². The van der Waals surface area contributed by atoms with Crippen LogP contribution in [0.2, 0.25) is 0 Å². The molecule has 1 aliphatic heterocycles. The summed E-state index contributed by atoms with van der Waals surface area (Å²) in [5.74, 6) is 0.995. The van der Waals surface area contributed by atoms with E-state index in [2.05, 4.69) is 42.5 Å². The topological polar surface area (TPSA) is 37.0 Å². The molecule has 0 bridgehead atoms. The Morgan fingerprint density at radius 1 is 1.25 bits per heavy atom. The van der Waals surface area contributed by atoms with Crippen molar-refractivity contribution in [3.05, 3.63) is 17.8 Å². The predicted molar refractivity (Wildman–Crippen MR) is 69.0 cm³/mol. The molecule has 2 heterocycles. The van der Waals surface area contributed by atoms with Crippen LogP contribution < -0.4 is 10.6 Å². The van der Waals surface area contributed by atoms with E-state index in [1.54, 1.807) is 0 Å². The van der Waals surface area contributed by atoms with Crippen molar-refractivity contribution in [3.63, 3.8) is 0 Å². The summed E-state index contributed by atoms with van der Waals surface area (Å²) in [6, 6.07) is 2.16. The molecule has 0 saturated carbocycles. The predicted octanol–water partition coefficient (Wildman–Crippen LogP) is 3.03. The smallest absolute Gasteiger partial charge is 0.149 e. The zero-order chi connectivity index (χ0) is 11.6. The third-order valence-corrected chi connectivity index (χ3v) is 3.81. The number of nitrogens with zero attached hydrogens (tertiary/aromatic N) is 1. The van der Waals surface area contributed by atoms with Gasteiger partial charge >= 0.3 is 0 Å². The van der Waals surface area contributed by atoms with Crippen LogP contribution in [0.3, 0.4) is 0 Å². The van der Waals surface area contributed by atoms with Crippen LogP contribution >= 0.6 is 0 Å². The van der Waals surface area contributed by atoms with E-state index in [-0.39, 0.29) is 0 Å². The van der Waals surface area contributed by atoms with Gasteiger partial charge in [0.1, 0.15) is 5.82 Å². The van der Waals surface area contributed by atoms with Crippen molar-refractivity contribution in [1.82, 2.24) is 4.98 Å². The zero-order valence-corrected chi connectivity index (χ0v) is 10.4. The molecule has 0 aliphatic carbocycles. The van der Waals surface area contributed by atoms with Crippen LogP contribution in [0.15, 0.2) is 12.3 Å². The quantitative estimate of drug-likeness (QED) is 0.802. The average molecular weight is 219 g/mol. The van der Waals surface area contributed by atoms with Crippen molar-refractivity contribution in [2.24, 2.45) is 5.41 Å². The third-order valence-electron chi connectivity index (χ3n) is 3.81. The minimum atomic E-state index is 0.356. The van der Waals surface area contributed by atoms with Crippen molar-refractivity contribution in [2.45, 2.75) is 33.6 Å². The van der Waals surface area contributed by atoms with E-state index in [0.717, 1.165) is 24.6 Å². The highest BCUT2D eigenvalue weighted by Gasteiger charge is 2.28. The van der Waals surface area contributed by atoms with Crippen molar-refractivity contribution >= 4 is 11.5 Å². The minimum Gasteiger partial charge on any atom is -0.381 e. The van der Waals surface area contributed by atoms with E-state index in [9.17, 15) is 0 Å². The molecule has 1 aromatic rings. The lowest BCUT2D eigenvalue weighted by molar-refractivity contribution is 0.307. The Morgan fingerprint density at radius 2 is 1.94 bits per heavy atom. The van der Waals surface area contributed by atoms with Crippen LogP contribution in [0.5, 0.6) is 0 Å². The highest BCUT2D eigenvalue weighted by molar-refractivity contribution is 5.66. The van der Waals surface area contributed by atoms with Gasteiger partial charge in [-0.05, 0) is 31.4 Å². The number of nitrogens with one attached hydrogen (secondary N) is 2. The summed E-state index contributed by atoms with van der Waals surface area (Å²) in [6.45, 7) is 8.65. The second-order valence-corrected chi connectivity index (χ2v) is 4.82. The van der Waals surface area contributed by atoms with Gasteiger partial charge in [-0.2, -0.15) is 0 Å². The lowest BCUT2D eigenvalue weighted by Crippen LogP contribution is -2.33. The number of fused-ring (bicyclic) bond motifs is 1. The first-order valence-electron chi connectivity index (χ1n) is 6.13. The molecular formula is C13H21N3. The van der Waals surface area contributed by atoms with Crippen molar-refractivity contribution in [1.29, 1.82) is 0 Å². The molecule has 1 aliphatic rings. The van der Waals surface area contributed by atoms with Gasteiger partial charge in [0.25, 0.3) is 0 Å². The largest absolute Gasteiger partial charge is 0.381 e. The first-order valence-corrected chi connectivity index (χ1v) is 6.13. The number of anilines is 2. The van der Waals surface area contributed by atoms with Crippen LogP contribution in [-0.2, 0) is 0 Å². The Kier molecular flexibility index (Phi) is 3.03. The van der Waals surface area contributed by atoms with Crippen molar-refractivity contribution in [3.8, 4) is 0 Å². The summed E-state index contributed by atoms with van der Waals surface area (Å²) in [5.41, 5.74) is 2.70. The van der Waals surface area contributed by atoms with Crippen LogP contribution in [0, 0.1) is 12.3 Å². The highest BCUT2D eigenvalue weighted by Crippen LogP contribution is 2.32. The van der Waals surface area contributed by atoms with E-state index < -0.39 is 0 Å². The summed E-state index contributed by atoms with van der Waals surface area (Å²) < 4.78 is 0. The van der Waals surface area contributed by atoms with E-state index in [1.165, 1.54) is 18.4 Å². The zero-order valence-electron chi connectivity index (χ0n) is 10.4. The average Bonchev–Trinajstić information content (AvgIpc) is 2.49. The number of pyridine rings is 1. The maximum Gasteiger partial charge on any atom is 0.149 e. The van der Waals surface area contributed by atoms with Gasteiger partial charge in [0.05, 0.1) is 5.69 Å². The monoisotopic (exact) mass is 219 g/mol. The summed E-state index contributed by atoms with van der Waals surface area (Å²) in [6.07, 6.45) is 4.30. The SMILES string of the molecule is CCC1(CC)CNc2cc(C)cnc2NC1. The van der Waals surface area contributed by atoms with Gasteiger partial charge in [0.2, 0.25) is 0 Å². The van der Waals surface area contributed by atoms with Gasteiger partial charge < -0.3 is 10.6 Å². The lowest BCUT2D eigenvalue weighted by Gasteiger charge is -2.29. The van der Waals surface area contributed by atoms with E-state index >= 15 is 0 Å². The summed E-state index contributed by atoms with van der Waals surface area (Å²) in [7, 11) is 0. The Balaban J connectivity index is 2.24. The Morgan fingerprint density at radius 3 is 2.62 bits per heavy atom.